The number of aromatic nitrogens is 3. The number of ether oxygens (including phenoxy) is 1. The molecule has 1 saturated heterocycles. The van der Waals surface area contributed by atoms with Gasteiger partial charge in [0.15, 0.2) is 5.89 Å². The van der Waals surface area contributed by atoms with Gasteiger partial charge in [0.1, 0.15) is 11.5 Å². The standard InChI is InChI=1S/C21H22N4O3/c1-27-18-8-3-2-6-15(18)12-17-13-24-20(28-17)16-7-4-11-25(14-16)21(26)19-22-9-5-10-23-19/h2-3,5-6,8-10,13,16H,4,7,11-12,14H2,1H3/t16-/m0/s1. The van der Waals surface area contributed by atoms with E-state index in [1.807, 2.05) is 24.3 Å². The van der Waals surface area contributed by atoms with E-state index in [1.165, 1.54) is 0 Å². The number of piperidine rings is 1. The fourth-order valence-corrected chi connectivity index (χ4v) is 3.54. The average molecular weight is 378 g/mol. The summed E-state index contributed by atoms with van der Waals surface area (Å²) < 4.78 is 11.4. The van der Waals surface area contributed by atoms with E-state index in [0.29, 0.717) is 25.4 Å². The second-order valence-corrected chi connectivity index (χ2v) is 6.82. The predicted molar refractivity (Wildman–Crippen MR) is 102 cm³/mol. The molecule has 4 rings (SSSR count). The Hall–Kier alpha value is -3.22. The van der Waals surface area contributed by atoms with Gasteiger partial charge in [0.05, 0.1) is 19.2 Å². The van der Waals surface area contributed by atoms with Crippen molar-refractivity contribution in [1.29, 1.82) is 0 Å². The molecule has 7 heteroatoms. The van der Waals surface area contributed by atoms with Crippen molar-refractivity contribution < 1.29 is 13.9 Å². The van der Waals surface area contributed by atoms with Gasteiger partial charge in [-0.1, -0.05) is 18.2 Å². The number of methoxy groups -OCH3 is 1. The van der Waals surface area contributed by atoms with Gasteiger partial charge in [-0.25, -0.2) is 15.0 Å². The second-order valence-electron chi connectivity index (χ2n) is 6.82. The molecular formula is C21H22N4O3. The van der Waals surface area contributed by atoms with E-state index in [0.717, 1.165) is 29.9 Å². The summed E-state index contributed by atoms with van der Waals surface area (Å²) in [5.41, 5.74) is 1.05. The van der Waals surface area contributed by atoms with Crippen LogP contribution in [0.4, 0.5) is 0 Å². The number of amides is 1. The highest BCUT2D eigenvalue weighted by atomic mass is 16.5. The summed E-state index contributed by atoms with van der Waals surface area (Å²) in [6, 6.07) is 9.57. The number of nitrogens with zero attached hydrogens (tertiary/aromatic N) is 4. The van der Waals surface area contributed by atoms with Gasteiger partial charge in [0.2, 0.25) is 5.82 Å². The van der Waals surface area contributed by atoms with Crippen molar-refractivity contribution in [3.8, 4) is 5.75 Å². The number of carbonyl (C=O) groups excluding carboxylic acids is 1. The maximum atomic E-state index is 12.6. The van der Waals surface area contributed by atoms with Crippen molar-refractivity contribution in [2.45, 2.75) is 25.2 Å². The van der Waals surface area contributed by atoms with Crippen molar-refractivity contribution in [1.82, 2.24) is 19.9 Å². The molecule has 0 bridgehead atoms. The van der Waals surface area contributed by atoms with Gasteiger partial charge in [0, 0.05) is 37.5 Å². The lowest BCUT2D eigenvalue weighted by Crippen LogP contribution is -2.39. The number of benzene rings is 1. The Kier molecular flexibility index (Phi) is 5.32. The quantitative estimate of drug-likeness (QED) is 0.679. The molecule has 1 aliphatic heterocycles. The van der Waals surface area contributed by atoms with E-state index >= 15 is 0 Å². The molecule has 1 aliphatic rings. The number of rotatable bonds is 5. The zero-order valence-corrected chi connectivity index (χ0v) is 15.7. The normalized spacial score (nSPS) is 16.8. The molecule has 1 amide bonds. The fourth-order valence-electron chi connectivity index (χ4n) is 3.54. The van der Waals surface area contributed by atoms with Crippen LogP contribution < -0.4 is 4.74 Å². The summed E-state index contributed by atoms with van der Waals surface area (Å²) >= 11 is 0. The molecule has 28 heavy (non-hydrogen) atoms. The molecule has 2 aromatic heterocycles. The average Bonchev–Trinajstić information content (AvgIpc) is 3.23. The maximum absolute atomic E-state index is 12.6. The molecular weight excluding hydrogens is 356 g/mol. The van der Waals surface area contributed by atoms with Gasteiger partial charge in [-0.05, 0) is 25.0 Å². The minimum Gasteiger partial charge on any atom is -0.496 e. The van der Waals surface area contributed by atoms with Crippen LogP contribution in [0.1, 0.15) is 46.6 Å². The van der Waals surface area contributed by atoms with Gasteiger partial charge in [-0.3, -0.25) is 4.79 Å². The first-order valence-electron chi connectivity index (χ1n) is 9.37. The first-order chi connectivity index (χ1) is 13.7. The van der Waals surface area contributed by atoms with Gasteiger partial charge >= 0.3 is 0 Å². The van der Waals surface area contributed by atoms with Gasteiger partial charge in [-0.2, -0.15) is 0 Å². The van der Waals surface area contributed by atoms with Gasteiger partial charge < -0.3 is 14.1 Å². The fraction of sp³-hybridized carbons (Fsp3) is 0.333. The highest BCUT2D eigenvalue weighted by molar-refractivity contribution is 5.90. The Balaban J connectivity index is 1.45. The summed E-state index contributed by atoms with van der Waals surface area (Å²) in [4.78, 5) is 27.0. The monoisotopic (exact) mass is 378 g/mol. The first kappa shape index (κ1) is 18.2. The molecule has 3 heterocycles. The number of hydrogen-bond acceptors (Lipinski definition) is 6. The highest BCUT2D eigenvalue weighted by Crippen LogP contribution is 2.28. The van der Waals surface area contributed by atoms with Crippen LogP contribution in [0.3, 0.4) is 0 Å². The topological polar surface area (TPSA) is 81.4 Å². The highest BCUT2D eigenvalue weighted by Gasteiger charge is 2.29. The van der Waals surface area contributed by atoms with Crippen LogP contribution in [0, 0.1) is 0 Å². The zero-order chi connectivity index (χ0) is 19.3. The van der Waals surface area contributed by atoms with Crippen molar-refractivity contribution in [3.05, 3.63) is 72.0 Å². The van der Waals surface area contributed by atoms with E-state index in [2.05, 4.69) is 15.0 Å². The smallest absolute Gasteiger partial charge is 0.291 e. The summed E-state index contributed by atoms with van der Waals surface area (Å²) in [6.45, 7) is 1.26. The molecule has 0 saturated carbocycles. The van der Waals surface area contributed by atoms with Crippen molar-refractivity contribution in [2.75, 3.05) is 20.2 Å². The Morgan fingerprint density at radius 3 is 2.86 bits per heavy atom. The number of likely N-dealkylation sites (tertiary alicyclic amines) is 1. The van der Waals surface area contributed by atoms with Gasteiger partial charge in [-0.15, -0.1) is 0 Å². The van der Waals surface area contributed by atoms with Crippen LogP contribution in [0.15, 0.2) is 53.3 Å². The van der Waals surface area contributed by atoms with Crippen molar-refractivity contribution >= 4 is 5.91 Å². The van der Waals surface area contributed by atoms with E-state index in [1.54, 1.807) is 36.7 Å². The Morgan fingerprint density at radius 1 is 1.21 bits per heavy atom. The van der Waals surface area contributed by atoms with E-state index in [9.17, 15) is 4.79 Å². The van der Waals surface area contributed by atoms with Crippen LogP contribution in [-0.2, 0) is 6.42 Å². The number of carbonyl (C=O) groups is 1. The first-order valence-corrected chi connectivity index (χ1v) is 9.37. The van der Waals surface area contributed by atoms with E-state index in [4.69, 9.17) is 9.15 Å². The maximum Gasteiger partial charge on any atom is 0.291 e. The summed E-state index contributed by atoms with van der Waals surface area (Å²) in [5.74, 6) is 2.45. The van der Waals surface area contributed by atoms with Crippen LogP contribution in [0.5, 0.6) is 5.75 Å². The van der Waals surface area contributed by atoms with E-state index in [-0.39, 0.29) is 17.6 Å². The molecule has 3 aromatic rings. The number of hydrogen-bond donors (Lipinski definition) is 0. The largest absolute Gasteiger partial charge is 0.496 e. The molecule has 0 spiro atoms. The van der Waals surface area contributed by atoms with Gasteiger partial charge in [0.25, 0.3) is 5.91 Å². The Labute approximate surface area is 163 Å². The molecule has 7 nitrogen and oxygen atoms in total. The third-order valence-corrected chi connectivity index (χ3v) is 4.94. The number of para-hydroxylation sites is 1. The summed E-state index contributed by atoms with van der Waals surface area (Å²) in [5, 5.41) is 0. The molecule has 1 fully saturated rings. The SMILES string of the molecule is COc1ccccc1Cc1cnc([C@H]2CCCN(C(=O)c3ncccn3)C2)o1. The Morgan fingerprint density at radius 2 is 2.04 bits per heavy atom. The minimum atomic E-state index is -0.147. The van der Waals surface area contributed by atoms with E-state index < -0.39 is 0 Å². The summed E-state index contributed by atoms with van der Waals surface area (Å²) in [7, 11) is 1.66. The lowest BCUT2D eigenvalue weighted by Gasteiger charge is -2.30. The molecule has 0 radical (unpaired) electrons. The molecule has 1 atom stereocenters. The molecule has 0 aliphatic carbocycles. The summed E-state index contributed by atoms with van der Waals surface area (Å²) in [6.07, 6.45) is 7.38. The number of oxazole rings is 1. The zero-order valence-electron chi connectivity index (χ0n) is 15.7. The van der Waals surface area contributed by atoms with Crippen LogP contribution in [-0.4, -0.2) is 46.0 Å². The second kappa shape index (κ2) is 8.21. The van der Waals surface area contributed by atoms with Crippen LogP contribution in [0.2, 0.25) is 0 Å². The molecule has 0 unspecified atom stereocenters. The van der Waals surface area contributed by atoms with Crippen molar-refractivity contribution in [2.24, 2.45) is 0 Å². The third-order valence-electron chi connectivity index (χ3n) is 4.94. The van der Waals surface area contributed by atoms with Crippen LogP contribution >= 0.6 is 0 Å². The lowest BCUT2D eigenvalue weighted by molar-refractivity contribution is 0.0685. The minimum absolute atomic E-state index is 0.0767. The third kappa shape index (κ3) is 3.88. The molecule has 1 aromatic carbocycles. The Bertz CT molecular complexity index is 942. The molecule has 0 N–H and O–H groups in total. The van der Waals surface area contributed by atoms with Crippen LogP contribution in [0.25, 0.3) is 0 Å². The predicted octanol–water partition coefficient (Wildman–Crippen LogP) is 3.08. The van der Waals surface area contributed by atoms with Crippen molar-refractivity contribution in [3.63, 3.8) is 0 Å². The molecule has 144 valence electrons. The lowest BCUT2D eigenvalue weighted by atomic mass is 9.98.